The highest BCUT2D eigenvalue weighted by atomic mass is 79.9. The maximum atomic E-state index is 13.5. The first-order valence-electron chi connectivity index (χ1n) is 4.26. The van der Waals surface area contributed by atoms with Gasteiger partial charge in [-0.1, -0.05) is 12.1 Å². The standard InChI is InChI=1S/C10H8BrFN2O/c1-15-10-13-9(11)6-14(10)8-5-3-2-4-7(8)12/h2-6H,1H3. The molecule has 0 atom stereocenters. The number of nitrogens with zero attached hydrogens (tertiary/aromatic N) is 2. The molecule has 15 heavy (non-hydrogen) atoms. The van der Waals surface area contributed by atoms with Crippen molar-refractivity contribution >= 4 is 15.9 Å². The maximum absolute atomic E-state index is 13.5. The van der Waals surface area contributed by atoms with E-state index in [0.717, 1.165) is 0 Å². The summed E-state index contributed by atoms with van der Waals surface area (Å²) in [5, 5.41) is 0. The molecule has 0 saturated carbocycles. The van der Waals surface area contributed by atoms with E-state index in [0.29, 0.717) is 16.3 Å². The fourth-order valence-electron chi connectivity index (χ4n) is 1.30. The van der Waals surface area contributed by atoms with Crippen LogP contribution in [0.3, 0.4) is 0 Å². The minimum absolute atomic E-state index is 0.319. The topological polar surface area (TPSA) is 27.1 Å². The van der Waals surface area contributed by atoms with E-state index < -0.39 is 0 Å². The number of halogens is 2. The van der Waals surface area contributed by atoms with Gasteiger partial charge >= 0.3 is 6.01 Å². The van der Waals surface area contributed by atoms with Gasteiger partial charge in [0.2, 0.25) is 0 Å². The lowest BCUT2D eigenvalue weighted by molar-refractivity contribution is 0.372. The van der Waals surface area contributed by atoms with E-state index in [9.17, 15) is 4.39 Å². The highest BCUT2D eigenvalue weighted by molar-refractivity contribution is 9.10. The molecule has 0 aliphatic carbocycles. The van der Waals surface area contributed by atoms with Gasteiger partial charge in [0.15, 0.2) is 0 Å². The van der Waals surface area contributed by atoms with E-state index >= 15 is 0 Å². The molecule has 0 aliphatic rings. The van der Waals surface area contributed by atoms with Crippen LogP contribution in [0.15, 0.2) is 35.1 Å². The molecule has 0 aliphatic heterocycles. The molecule has 2 aromatic rings. The predicted octanol–water partition coefficient (Wildman–Crippen LogP) is 2.78. The minimum Gasteiger partial charge on any atom is -0.468 e. The second-order valence-corrected chi connectivity index (χ2v) is 3.68. The lowest BCUT2D eigenvalue weighted by Gasteiger charge is -2.06. The van der Waals surface area contributed by atoms with Gasteiger partial charge in [-0.3, -0.25) is 4.57 Å². The molecule has 0 unspecified atom stereocenters. The fourth-order valence-corrected chi connectivity index (χ4v) is 1.66. The van der Waals surface area contributed by atoms with Crippen molar-refractivity contribution < 1.29 is 9.13 Å². The molecule has 3 nitrogen and oxygen atoms in total. The van der Waals surface area contributed by atoms with Crippen LogP contribution < -0.4 is 4.74 Å². The van der Waals surface area contributed by atoms with Crippen molar-refractivity contribution in [1.82, 2.24) is 9.55 Å². The van der Waals surface area contributed by atoms with Crippen LogP contribution in [0.5, 0.6) is 6.01 Å². The van der Waals surface area contributed by atoms with Gasteiger partial charge in [-0.05, 0) is 28.1 Å². The molecule has 0 N–H and O–H groups in total. The molecule has 1 aromatic carbocycles. The van der Waals surface area contributed by atoms with Crippen LogP contribution in [0, 0.1) is 5.82 Å². The number of imidazole rings is 1. The molecule has 0 amide bonds. The van der Waals surface area contributed by atoms with E-state index in [2.05, 4.69) is 20.9 Å². The molecule has 2 rings (SSSR count). The molecule has 0 spiro atoms. The maximum Gasteiger partial charge on any atom is 0.301 e. The molecule has 1 heterocycles. The van der Waals surface area contributed by atoms with Gasteiger partial charge in [0.25, 0.3) is 0 Å². The third kappa shape index (κ3) is 1.87. The average molecular weight is 271 g/mol. The van der Waals surface area contributed by atoms with E-state index in [1.807, 2.05) is 0 Å². The molecule has 78 valence electrons. The highest BCUT2D eigenvalue weighted by Crippen LogP contribution is 2.22. The molecule has 0 radical (unpaired) electrons. The van der Waals surface area contributed by atoms with Gasteiger partial charge in [-0.15, -0.1) is 0 Å². The van der Waals surface area contributed by atoms with Crippen LogP contribution in [0.4, 0.5) is 4.39 Å². The Balaban J connectivity index is 2.58. The van der Waals surface area contributed by atoms with Crippen molar-refractivity contribution in [2.45, 2.75) is 0 Å². The quantitative estimate of drug-likeness (QED) is 0.839. The summed E-state index contributed by atoms with van der Waals surface area (Å²) in [6.45, 7) is 0. The van der Waals surface area contributed by atoms with Gasteiger partial charge in [0, 0.05) is 6.20 Å². The second kappa shape index (κ2) is 4.02. The monoisotopic (exact) mass is 270 g/mol. The molecule has 5 heteroatoms. The van der Waals surface area contributed by atoms with Crippen molar-refractivity contribution in [3.05, 3.63) is 40.9 Å². The molecule has 0 bridgehead atoms. The van der Waals surface area contributed by atoms with Crippen molar-refractivity contribution in [3.8, 4) is 11.7 Å². The third-order valence-electron chi connectivity index (χ3n) is 1.94. The van der Waals surface area contributed by atoms with Gasteiger partial charge in [0.1, 0.15) is 10.4 Å². The van der Waals surface area contributed by atoms with E-state index in [-0.39, 0.29) is 5.82 Å². The van der Waals surface area contributed by atoms with Crippen molar-refractivity contribution in [3.63, 3.8) is 0 Å². The SMILES string of the molecule is COc1nc(Br)cn1-c1ccccc1F. The number of para-hydroxylation sites is 1. The Morgan fingerprint density at radius 1 is 1.40 bits per heavy atom. The lowest BCUT2D eigenvalue weighted by Crippen LogP contribution is -1.99. The first kappa shape index (κ1) is 10.2. The van der Waals surface area contributed by atoms with E-state index in [1.165, 1.54) is 13.2 Å². The summed E-state index contributed by atoms with van der Waals surface area (Å²) in [5.74, 6) is -0.319. The number of hydrogen-bond acceptors (Lipinski definition) is 2. The average Bonchev–Trinajstić information content (AvgIpc) is 2.60. The number of benzene rings is 1. The van der Waals surface area contributed by atoms with Crippen LogP contribution in [0.1, 0.15) is 0 Å². The smallest absolute Gasteiger partial charge is 0.301 e. The predicted molar refractivity (Wildman–Crippen MR) is 57.8 cm³/mol. The fraction of sp³-hybridized carbons (Fsp3) is 0.100. The number of rotatable bonds is 2. The van der Waals surface area contributed by atoms with Crippen LogP contribution in [-0.4, -0.2) is 16.7 Å². The number of hydrogen-bond donors (Lipinski definition) is 0. The lowest BCUT2D eigenvalue weighted by atomic mass is 10.3. The van der Waals surface area contributed by atoms with Gasteiger partial charge in [-0.25, -0.2) is 4.39 Å². The Labute approximate surface area is 94.6 Å². The van der Waals surface area contributed by atoms with Crippen LogP contribution in [0.2, 0.25) is 0 Å². The minimum atomic E-state index is -0.319. The first-order valence-corrected chi connectivity index (χ1v) is 5.05. The van der Waals surface area contributed by atoms with Crippen molar-refractivity contribution in [2.75, 3.05) is 7.11 Å². The Hall–Kier alpha value is -1.36. The van der Waals surface area contributed by atoms with Gasteiger partial charge in [0.05, 0.1) is 12.8 Å². The van der Waals surface area contributed by atoms with Crippen molar-refractivity contribution in [2.24, 2.45) is 0 Å². The normalized spacial score (nSPS) is 10.3. The zero-order valence-electron chi connectivity index (χ0n) is 7.95. The van der Waals surface area contributed by atoms with E-state index in [1.54, 1.807) is 29.0 Å². The molecular weight excluding hydrogens is 263 g/mol. The zero-order valence-corrected chi connectivity index (χ0v) is 9.53. The Kier molecular flexibility index (Phi) is 2.73. The largest absolute Gasteiger partial charge is 0.468 e. The van der Waals surface area contributed by atoms with Crippen LogP contribution in [-0.2, 0) is 0 Å². The summed E-state index contributed by atoms with van der Waals surface area (Å²) in [6.07, 6.45) is 1.65. The number of ether oxygens (including phenoxy) is 1. The van der Waals surface area contributed by atoms with Crippen molar-refractivity contribution in [1.29, 1.82) is 0 Å². The Morgan fingerprint density at radius 3 is 2.80 bits per heavy atom. The van der Waals surface area contributed by atoms with Crippen LogP contribution in [0.25, 0.3) is 5.69 Å². The summed E-state index contributed by atoms with van der Waals surface area (Å²) in [5.41, 5.74) is 0.410. The highest BCUT2D eigenvalue weighted by Gasteiger charge is 2.11. The summed E-state index contributed by atoms with van der Waals surface area (Å²) in [4.78, 5) is 4.04. The molecule has 1 aromatic heterocycles. The third-order valence-corrected chi connectivity index (χ3v) is 2.32. The number of aromatic nitrogens is 2. The summed E-state index contributed by atoms with van der Waals surface area (Å²) < 4.78 is 20.7. The molecular formula is C10H8BrFN2O. The zero-order chi connectivity index (χ0) is 10.8. The molecule has 0 fully saturated rings. The summed E-state index contributed by atoms with van der Waals surface area (Å²) in [6, 6.07) is 6.78. The second-order valence-electron chi connectivity index (χ2n) is 2.87. The first-order chi connectivity index (χ1) is 7.22. The van der Waals surface area contributed by atoms with E-state index in [4.69, 9.17) is 4.74 Å². The number of methoxy groups -OCH3 is 1. The van der Waals surface area contributed by atoms with Gasteiger partial charge in [-0.2, -0.15) is 4.98 Å². The van der Waals surface area contributed by atoms with Gasteiger partial charge < -0.3 is 4.74 Å². The van der Waals surface area contributed by atoms with Crippen LogP contribution >= 0.6 is 15.9 Å². The summed E-state index contributed by atoms with van der Waals surface area (Å²) >= 11 is 3.21. The Bertz CT molecular complexity index is 484. The summed E-state index contributed by atoms with van der Waals surface area (Å²) in [7, 11) is 1.49. The Morgan fingerprint density at radius 2 is 2.13 bits per heavy atom. The molecule has 0 saturated heterocycles.